The van der Waals surface area contributed by atoms with Gasteiger partial charge >= 0.3 is 5.97 Å². The summed E-state index contributed by atoms with van der Waals surface area (Å²) in [6, 6.07) is 8.22. The van der Waals surface area contributed by atoms with Gasteiger partial charge in [0.05, 0.1) is 23.6 Å². The lowest BCUT2D eigenvalue weighted by Gasteiger charge is -2.35. The van der Waals surface area contributed by atoms with Gasteiger partial charge in [0.25, 0.3) is 5.69 Å². The minimum Gasteiger partial charge on any atom is -0.462 e. The number of esters is 1. The lowest BCUT2D eigenvalue weighted by Crippen LogP contribution is -2.48. The molecule has 0 spiro atoms. The molecular weight excluding hydrogens is 408 g/mol. The first-order chi connectivity index (χ1) is 14.4. The van der Waals surface area contributed by atoms with Gasteiger partial charge in [-0.15, -0.1) is 11.3 Å². The number of aryl methyl sites for hydroxylation is 1. The van der Waals surface area contributed by atoms with Crippen LogP contribution in [0.2, 0.25) is 0 Å². The monoisotopic (exact) mass is 432 g/mol. The fourth-order valence-electron chi connectivity index (χ4n) is 3.29. The normalized spacial score (nSPS) is 14.4. The molecule has 1 aromatic carbocycles. The maximum absolute atomic E-state index is 12.5. The summed E-state index contributed by atoms with van der Waals surface area (Å²) in [5, 5.41) is 14.1. The highest BCUT2D eigenvalue weighted by atomic mass is 32.1. The van der Waals surface area contributed by atoms with E-state index in [-0.39, 0.29) is 24.7 Å². The average Bonchev–Trinajstić information content (AvgIpc) is 3.09. The Bertz CT molecular complexity index is 920. The molecule has 1 N–H and O–H groups in total. The number of piperazine rings is 1. The summed E-state index contributed by atoms with van der Waals surface area (Å²) < 4.78 is 5.05. The molecule has 2 aromatic rings. The molecular formula is C20H24N4O5S. The van der Waals surface area contributed by atoms with E-state index in [2.05, 4.69) is 10.2 Å². The van der Waals surface area contributed by atoms with E-state index < -0.39 is 10.9 Å². The zero-order valence-corrected chi connectivity index (χ0v) is 17.7. The van der Waals surface area contributed by atoms with Crippen LogP contribution in [0.1, 0.15) is 22.2 Å². The molecule has 0 atom stereocenters. The van der Waals surface area contributed by atoms with Crippen LogP contribution in [0, 0.1) is 17.0 Å². The van der Waals surface area contributed by atoms with Gasteiger partial charge in [0.2, 0.25) is 5.91 Å². The van der Waals surface area contributed by atoms with Gasteiger partial charge in [0.15, 0.2) is 0 Å². The van der Waals surface area contributed by atoms with Crippen molar-refractivity contribution in [1.29, 1.82) is 0 Å². The maximum Gasteiger partial charge on any atom is 0.341 e. The Hall–Kier alpha value is -2.98. The molecule has 160 valence electrons. The maximum atomic E-state index is 12.5. The second-order valence-electron chi connectivity index (χ2n) is 6.91. The number of ether oxygens (including phenoxy) is 1. The van der Waals surface area contributed by atoms with Crippen molar-refractivity contribution in [2.75, 3.05) is 49.5 Å². The van der Waals surface area contributed by atoms with Gasteiger partial charge in [0.1, 0.15) is 5.00 Å². The zero-order chi connectivity index (χ0) is 21.7. The van der Waals surface area contributed by atoms with Crippen LogP contribution in [0.3, 0.4) is 0 Å². The van der Waals surface area contributed by atoms with E-state index in [0.29, 0.717) is 23.7 Å². The Labute approximate surface area is 178 Å². The molecule has 3 rings (SSSR count). The van der Waals surface area contributed by atoms with Crippen molar-refractivity contribution in [2.45, 2.75) is 13.8 Å². The number of thiophene rings is 1. The summed E-state index contributed by atoms with van der Waals surface area (Å²) in [6.07, 6.45) is 0. The standard InChI is InChI=1S/C20H24N4O5S/c1-3-29-20(26)17-12-14(2)30-19(17)21-18(25)13-22-8-10-23(11-9-22)15-4-6-16(7-5-15)24(27)28/h4-7,12H,3,8-11,13H2,1-2H3,(H,21,25). The van der Waals surface area contributed by atoms with Crippen LogP contribution in [0.4, 0.5) is 16.4 Å². The molecule has 1 aliphatic rings. The van der Waals surface area contributed by atoms with Crippen LogP contribution < -0.4 is 10.2 Å². The van der Waals surface area contributed by atoms with Gasteiger partial charge in [-0.25, -0.2) is 4.79 Å². The molecule has 0 aliphatic carbocycles. The van der Waals surface area contributed by atoms with Crippen LogP contribution in [-0.2, 0) is 9.53 Å². The number of amides is 1. The Balaban J connectivity index is 1.52. The zero-order valence-electron chi connectivity index (χ0n) is 16.9. The highest BCUT2D eigenvalue weighted by molar-refractivity contribution is 7.16. The lowest BCUT2D eigenvalue weighted by molar-refractivity contribution is -0.384. The molecule has 10 heteroatoms. The number of nitro benzene ring substituents is 1. The van der Waals surface area contributed by atoms with Crippen molar-refractivity contribution < 1.29 is 19.2 Å². The van der Waals surface area contributed by atoms with Gasteiger partial charge in [-0.1, -0.05) is 0 Å². The molecule has 30 heavy (non-hydrogen) atoms. The minimum absolute atomic E-state index is 0.0695. The molecule has 2 heterocycles. The van der Waals surface area contributed by atoms with E-state index in [4.69, 9.17) is 4.74 Å². The van der Waals surface area contributed by atoms with E-state index in [0.717, 1.165) is 23.7 Å². The highest BCUT2D eigenvalue weighted by Crippen LogP contribution is 2.28. The average molecular weight is 433 g/mol. The van der Waals surface area contributed by atoms with Crippen molar-refractivity contribution in [1.82, 2.24) is 4.90 Å². The van der Waals surface area contributed by atoms with Crippen LogP contribution in [-0.4, -0.2) is 61.0 Å². The number of nitrogens with zero attached hydrogens (tertiary/aromatic N) is 3. The smallest absolute Gasteiger partial charge is 0.341 e. The molecule has 0 unspecified atom stereocenters. The Morgan fingerprint density at radius 2 is 1.87 bits per heavy atom. The third kappa shape index (κ3) is 5.33. The van der Waals surface area contributed by atoms with E-state index >= 15 is 0 Å². The number of non-ortho nitro benzene ring substituents is 1. The molecule has 1 aliphatic heterocycles. The van der Waals surface area contributed by atoms with Crippen LogP contribution in [0.25, 0.3) is 0 Å². The van der Waals surface area contributed by atoms with Crippen molar-refractivity contribution in [3.63, 3.8) is 0 Å². The predicted octanol–water partition coefficient (Wildman–Crippen LogP) is 2.90. The fraction of sp³-hybridized carbons (Fsp3) is 0.400. The molecule has 1 aromatic heterocycles. The molecule has 1 saturated heterocycles. The molecule has 0 saturated carbocycles. The van der Waals surface area contributed by atoms with Gasteiger partial charge in [0, 0.05) is 48.9 Å². The number of nitrogens with one attached hydrogen (secondary N) is 1. The topological polar surface area (TPSA) is 105 Å². The number of rotatable bonds is 7. The van der Waals surface area contributed by atoms with Crippen molar-refractivity contribution in [3.05, 3.63) is 50.9 Å². The highest BCUT2D eigenvalue weighted by Gasteiger charge is 2.22. The number of nitro groups is 1. The summed E-state index contributed by atoms with van der Waals surface area (Å²) in [5.74, 6) is -0.611. The van der Waals surface area contributed by atoms with Crippen LogP contribution in [0.5, 0.6) is 0 Å². The number of anilines is 2. The van der Waals surface area contributed by atoms with Gasteiger partial charge in [-0.05, 0) is 32.0 Å². The van der Waals surface area contributed by atoms with Crippen molar-refractivity contribution in [2.24, 2.45) is 0 Å². The Morgan fingerprint density at radius 3 is 2.47 bits per heavy atom. The second kappa shape index (κ2) is 9.68. The van der Waals surface area contributed by atoms with E-state index in [1.54, 1.807) is 25.1 Å². The summed E-state index contributed by atoms with van der Waals surface area (Å²) in [4.78, 5) is 40.0. The number of hydrogen-bond acceptors (Lipinski definition) is 8. The molecule has 0 bridgehead atoms. The molecule has 1 amide bonds. The summed E-state index contributed by atoms with van der Waals surface area (Å²) in [5.41, 5.74) is 1.38. The third-order valence-corrected chi connectivity index (χ3v) is 5.73. The van der Waals surface area contributed by atoms with E-state index in [1.165, 1.54) is 23.5 Å². The van der Waals surface area contributed by atoms with Crippen LogP contribution >= 0.6 is 11.3 Å². The second-order valence-corrected chi connectivity index (χ2v) is 8.16. The van der Waals surface area contributed by atoms with Crippen LogP contribution in [0.15, 0.2) is 30.3 Å². The number of carbonyl (C=O) groups excluding carboxylic acids is 2. The minimum atomic E-state index is -0.436. The number of benzene rings is 1. The summed E-state index contributed by atoms with van der Waals surface area (Å²) >= 11 is 1.35. The number of hydrogen-bond donors (Lipinski definition) is 1. The first kappa shape index (κ1) is 21.7. The first-order valence-electron chi connectivity index (χ1n) is 9.66. The fourth-order valence-corrected chi connectivity index (χ4v) is 4.20. The van der Waals surface area contributed by atoms with E-state index in [1.807, 2.05) is 11.8 Å². The Kier molecular flexibility index (Phi) is 7.01. The summed E-state index contributed by atoms with van der Waals surface area (Å²) in [6.45, 7) is 6.95. The van der Waals surface area contributed by atoms with Crippen molar-refractivity contribution in [3.8, 4) is 0 Å². The number of carbonyl (C=O) groups is 2. The quantitative estimate of drug-likeness (QED) is 0.407. The largest absolute Gasteiger partial charge is 0.462 e. The molecule has 0 radical (unpaired) electrons. The SMILES string of the molecule is CCOC(=O)c1cc(C)sc1NC(=O)CN1CCN(c2ccc([N+](=O)[O-])cc2)CC1. The van der Waals surface area contributed by atoms with Gasteiger partial charge in [-0.2, -0.15) is 0 Å². The molecule has 1 fully saturated rings. The van der Waals surface area contributed by atoms with E-state index in [9.17, 15) is 19.7 Å². The lowest BCUT2D eigenvalue weighted by atomic mass is 10.2. The Morgan fingerprint density at radius 1 is 1.20 bits per heavy atom. The van der Waals surface area contributed by atoms with Gasteiger partial charge < -0.3 is 15.0 Å². The van der Waals surface area contributed by atoms with Gasteiger partial charge in [-0.3, -0.25) is 19.8 Å². The summed E-state index contributed by atoms with van der Waals surface area (Å²) in [7, 11) is 0. The molecule has 9 nitrogen and oxygen atoms in total. The predicted molar refractivity (Wildman–Crippen MR) is 115 cm³/mol. The first-order valence-corrected chi connectivity index (χ1v) is 10.5. The van der Waals surface area contributed by atoms with Crippen molar-refractivity contribution >= 4 is 39.6 Å². The third-order valence-electron chi connectivity index (χ3n) is 4.77.